The Kier molecular flexibility index (Phi) is 6.43. The molecule has 136 valence electrons. The van der Waals surface area contributed by atoms with E-state index in [0.29, 0.717) is 11.3 Å². The molecule has 0 saturated carbocycles. The number of nitrogens with one attached hydrogen (secondary N) is 1. The summed E-state index contributed by atoms with van der Waals surface area (Å²) in [7, 11) is 0. The van der Waals surface area contributed by atoms with Crippen molar-refractivity contribution >= 4 is 40.3 Å². The second-order valence-electron chi connectivity index (χ2n) is 5.59. The van der Waals surface area contributed by atoms with Gasteiger partial charge in [-0.3, -0.25) is 4.79 Å². The molecule has 0 saturated heterocycles. The normalized spacial score (nSPS) is 10.1. The second-order valence-corrected chi connectivity index (χ2v) is 6.83. The Hall–Kier alpha value is -2.87. The average Bonchev–Trinajstić information content (AvgIpc) is 2.70. The van der Waals surface area contributed by atoms with Gasteiger partial charge in [0.05, 0.1) is 5.69 Å². The number of anilines is 1. The standard InChI is InChI=1S/C21H16INO4/c22-17-11-12-18(23-20(24)16-9-5-2-6-10-16)19(13-17)27-21(25)26-14-15-7-3-1-4-8-15/h1-13H,14H2,(H,23,24). The van der Waals surface area contributed by atoms with Crippen LogP contribution in [0, 0.1) is 3.57 Å². The fraction of sp³-hybridized carbons (Fsp3) is 0.0476. The number of halogens is 1. The highest BCUT2D eigenvalue weighted by Gasteiger charge is 2.14. The number of ether oxygens (including phenoxy) is 2. The van der Waals surface area contributed by atoms with E-state index in [0.717, 1.165) is 9.13 Å². The van der Waals surface area contributed by atoms with E-state index in [9.17, 15) is 9.59 Å². The Bertz CT molecular complexity index is 929. The Morgan fingerprint density at radius 3 is 2.26 bits per heavy atom. The van der Waals surface area contributed by atoms with Crippen molar-refractivity contribution in [2.75, 3.05) is 5.32 Å². The molecule has 0 heterocycles. The lowest BCUT2D eigenvalue weighted by atomic mass is 10.2. The van der Waals surface area contributed by atoms with Crippen molar-refractivity contribution in [3.8, 4) is 5.75 Å². The summed E-state index contributed by atoms with van der Waals surface area (Å²) in [5.74, 6) is -0.0662. The Labute approximate surface area is 170 Å². The molecule has 0 aliphatic carbocycles. The van der Waals surface area contributed by atoms with Crippen LogP contribution in [0.2, 0.25) is 0 Å². The Morgan fingerprint density at radius 1 is 0.889 bits per heavy atom. The molecule has 0 radical (unpaired) electrons. The van der Waals surface area contributed by atoms with Gasteiger partial charge in [0.15, 0.2) is 5.75 Å². The highest BCUT2D eigenvalue weighted by Crippen LogP contribution is 2.28. The molecular formula is C21H16INO4. The number of hydrogen-bond donors (Lipinski definition) is 1. The van der Waals surface area contributed by atoms with Gasteiger partial charge < -0.3 is 14.8 Å². The highest BCUT2D eigenvalue weighted by molar-refractivity contribution is 14.1. The largest absolute Gasteiger partial charge is 0.514 e. The fourth-order valence-corrected chi connectivity index (χ4v) is 2.77. The van der Waals surface area contributed by atoms with Crippen molar-refractivity contribution in [3.63, 3.8) is 0 Å². The number of rotatable bonds is 5. The summed E-state index contributed by atoms with van der Waals surface area (Å²) in [5.41, 5.74) is 1.75. The molecule has 3 aromatic rings. The van der Waals surface area contributed by atoms with Gasteiger partial charge in [-0.15, -0.1) is 0 Å². The zero-order valence-electron chi connectivity index (χ0n) is 14.2. The van der Waals surface area contributed by atoms with E-state index in [2.05, 4.69) is 27.9 Å². The molecule has 0 spiro atoms. The third kappa shape index (κ3) is 5.55. The summed E-state index contributed by atoms with van der Waals surface area (Å²) < 4.78 is 11.3. The van der Waals surface area contributed by atoms with Crippen molar-refractivity contribution in [1.82, 2.24) is 0 Å². The predicted octanol–water partition coefficient (Wildman–Crippen LogP) is 5.26. The average molecular weight is 473 g/mol. The molecule has 0 aliphatic heterocycles. The minimum atomic E-state index is -0.837. The van der Waals surface area contributed by atoms with Crippen LogP contribution in [-0.4, -0.2) is 12.1 Å². The molecule has 0 unspecified atom stereocenters. The lowest BCUT2D eigenvalue weighted by Gasteiger charge is -2.12. The fourth-order valence-electron chi connectivity index (χ4n) is 2.30. The summed E-state index contributed by atoms with van der Waals surface area (Å²) in [6, 6.07) is 23.3. The number of hydrogen-bond acceptors (Lipinski definition) is 4. The Balaban J connectivity index is 1.68. The molecule has 1 N–H and O–H groups in total. The van der Waals surface area contributed by atoms with Crippen molar-refractivity contribution < 1.29 is 19.1 Å². The van der Waals surface area contributed by atoms with Crippen LogP contribution in [0.15, 0.2) is 78.9 Å². The molecular weight excluding hydrogens is 457 g/mol. The lowest BCUT2D eigenvalue weighted by Crippen LogP contribution is -2.15. The molecule has 1 amide bonds. The molecule has 5 nitrogen and oxygen atoms in total. The van der Waals surface area contributed by atoms with Crippen LogP contribution in [0.4, 0.5) is 10.5 Å². The molecule has 27 heavy (non-hydrogen) atoms. The minimum absolute atomic E-state index is 0.106. The van der Waals surface area contributed by atoms with Crippen LogP contribution in [0.1, 0.15) is 15.9 Å². The van der Waals surface area contributed by atoms with Gasteiger partial charge >= 0.3 is 6.16 Å². The van der Waals surface area contributed by atoms with Crippen LogP contribution in [0.25, 0.3) is 0 Å². The van der Waals surface area contributed by atoms with Gasteiger partial charge in [0, 0.05) is 9.13 Å². The summed E-state index contributed by atoms with van der Waals surface area (Å²) in [6.07, 6.45) is -0.837. The first-order chi connectivity index (χ1) is 13.1. The van der Waals surface area contributed by atoms with Gasteiger partial charge in [-0.05, 0) is 58.5 Å². The minimum Gasteiger partial charge on any atom is -0.429 e. The van der Waals surface area contributed by atoms with Crippen molar-refractivity contribution in [3.05, 3.63) is 93.6 Å². The summed E-state index contributed by atoms with van der Waals surface area (Å²) in [6.45, 7) is 0.106. The number of carbonyl (C=O) groups is 2. The first-order valence-corrected chi connectivity index (χ1v) is 9.24. The monoisotopic (exact) mass is 473 g/mol. The zero-order valence-corrected chi connectivity index (χ0v) is 16.4. The molecule has 3 rings (SSSR count). The summed E-state index contributed by atoms with van der Waals surface area (Å²) in [5, 5.41) is 2.76. The summed E-state index contributed by atoms with van der Waals surface area (Å²) in [4.78, 5) is 24.4. The van der Waals surface area contributed by atoms with E-state index >= 15 is 0 Å². The van der Waals surface area contributed by atoms with Gasteiger partial charge in [-0.25, -0.2) is 4.79 Å². The maximum atomic E-state index is 12.4. The van der Waals surface area contributed by atoms with E-state index in [1.165, 1.54) is 0 Å². The van der Waals surface area contributed by atoms with Crippen molar-refractivity contribution in [1.29, 1.82) is 0 Å². The van der Waals surface area contributed by atoms with E-state index in [1.807, 2.05) is 42.5 Å². The van der Waals surface area contributed by atoms with Gasteiger partial charge in [0.1, 0.15) is 6.61 Å². The van der Waals surface area contributed by atoms with Crippen LogP contribution in [0.5, 0.6) is 5.75 Å². The maximum Gasteiger partial charge on any atom is 0.514 e. The number of amides is 1. The van der Waals surface area contributed by atoms with E-state index in [1.54, 1.807) is 36.4 Å². The van der Waals surface area contributed by atoms with E-state index in [-0.39, 0.29) is 18.3 Å². The SMILES string of the molecule is O=C(OCc1ccccc1)Oc1cc(I)ccc1NC(=O)c1ccccc1. The van der Waals surface area contributed by atoms with Crippen LogP contribution < -0.4 is 10.1 Å². The van der Waals surface area contributed by atoms with Gasteiger partial charge in [-0.1, -0.05) is 48.5 Å². The molecule has 3 aromatic carbocycles. The first-order valence-electron chi connectivity index (χ1n) is 8.16. The van der Waals surface area contributed by atoms with Crippen LogP contribution in [-0.2, 0) is 11.3 Å². The first kappa shape index (κ1) is 18.9. The van der Waals surface area contributed by atoms with Crippen LogP contribution >= 0.6 is 22.6 Å². The third-order valence-corrected chi connectivity index (χ3v) is 4.29. The molecule has 0 aliphatic rings. The zero-order chi connectivity index (χ0) is 19.1. The second kappa shape index (κ2) is 9.18. The van der Waals surface area contributed by atoms with Gasteiger partial charge in [-0.2, -0.15) is 0 Å². The molecule has 0 aromatic heterocycles. The maximum absolute atomic E-state index is 12.4. The van der Waals surface area contributed by atoms with Crippen molar-refractivity contribution in [2.45, 2.75) is 6.61 Å². The molecule has 6 heteroatoms. The van der Waals surface area contributed by atoms with Gasteiger partial charge in [0.2, 0.25) is 0 Å². The topological polar surface area (TPSA) is 64.6 Å². The van der Waals surface area contributed by atoms with Gasteiger partial charge in [0.25, 0.3) is 5.91 Å². The summed E-state index contributed by atoms with van der Waals surface area (Å²) >= 11 is 2.10. The molecule has 0 fully saturated rings. The molecule has 0 bridgehead atoms. The lowest BCUT2D eigenvalue weighted by molar-refractivity contribution is 0.0924. The predicted molar refractivity (Wildman–Crippen MR) is 111 cm³/mol. The highest BCUT2D eigenvalue weighted by atomic mass is 127. The third-order valence-electron chi connectivity index (χ3n) is 3.62. The van der Waals surface area contributed by atoms with E-state index < -0.39 is 6.16 Å². The van der Waals surface area contributed by atoms with E-state index in [4.69, 9.17) is 9.47 Å². The Morgan fingerprint density at radius 2 is 1.56 bits per heavy atom. The van der Waals surface area contributed by atoms with Crippen LogP contribution in [0.3, 0.4) is 0 Å². The van der Waals surface area contributed by atoms with Crippen molar-refractivity contribution in [2.24, 2.45) is 0 Å². The smallest absolute Gasteiger partial charge is 0.429 e. The number of carbonyl (C=O) groups excluding carboxylic acids is 2. The molecule has 0 atom stereocenters. The quantitative estimate of drug-likeness (QED) is 0.312. The number of benzene rings is 3.